The first-order valence-electron chi connectivity index (χ1n) is 9.34. The van der Waals surface area contributed by atoms with Crippen molar-refractivity contribution in [3.8, 4) is 11.1 Å². The maximum Gasteiger partial charge on any atom is 0.258 e. The standard InChI is InChI=1S/C23H17ClN4O/c24-16-8-9-18-17(11-16)21(14-5-2-1-3-6-14)22(23(29)26-18)20-12-19(27-28-20)15-7-4-10-25-13-15/h1-11,13,19,27H,12H2,(H,26,29). The molecule has 5 rings (SSSR count). The summed E-state index contributed by atoms with van der Waals surface area (Å²) in [6, 6.07) is 19.3. The zero-order valence-electron chi connectivity index (χ0n) is 15.4. The number of hydrogen-bond donors (Lipinski definition) is 2. The Morgan fingerprint density at radius 1 is 1.00 bits per heavy atom. The van der Waals surface area contributed by atoms with Crippen molar-refractivity contribution in [1.29, 1.82) is 0 Å². The Hall–Kier alpha value is -3.44. The Labute approximate surface area is 172 Å². The minimum absolute atomic E-state index is 0.0169. The van der Waals surface area contributed by atoms with Crippen LogP contribution in [0.1, 0.15) is 23.6 Å². The molecule has 1 aliphatic rings. The molecule has 29 heavy (non-hydrogen) atoms. The Morgan fingerprint density at radius 3 is 2.66 bits per heavy atom. The second-order valence-electron chi connectivity index (χ2n) is 6.99. The summed E-state index contributed by atoms with van der Waals surface area (Å²) in [7, 11) is 0. The summed E-state index contributed by atoms with van der Waals surface area (Å²) >= 11 is 6.29. The number of nitrogens with one attached hydrogen (secondary N) is 2. The lowest BCUT2D eigenvalue weighted by Crippen LogP contribution is -2.20. The minimum atomic E-state index is -0.161. The zero-order chi connectivity index (χ0) is 19.8. The molecule has 1 aliphatic heterocycles. The number of rotatable bonds is 3. The first kappa shape index (κ1) is 17.6. The van der Waals surface area contributed by atoms with E-state index in [1.807, 2.05) is 60.8 Å². The third-order valence-electron chi connectivity index (χ3n) is 5.17. The summed E-state index contributed by atoms with van der Waals surface area (Å²) in [6.07, 6.45) is 4.16. The Bertz CT molecular complexity index is 1280. The fraction of sp³-hybridized carbons (Fsp3) is 0.0870. The van der Waals surface area contributed by atoms with Crippen LogP contribution in [0, 0.1) is 0 Å². The fourth-order valence-corrected chi connectivity index (χ4v) is 3.99. The first-order valence-corrected chi connectivity index (χ1v) is 9.72. The van der Waals surface area contributed by atoms with Gasteiger partial charge in [-0.2, -0.15) is 5.10 Å². The van der Waals surface area contributed by atoms with Crippen molar-refractivity contribution in [2.45, 2.75) is 12.5 Å². The number of fused-ring (bicyclic) bond motifs is 1. The summed E-state index contributed by atoms with van der Waals surface area (Å²) in [5, 5.41) is 6.04. The van der Waals surface area contributed by atoms with Crippen LogP contribution >= 0.6 is 11.6 Å². The van der Waals surface area contributed by atoms with Gasteiger partial charge in [0.2, 0.25) is 0 Å². The van der Waals surface area contributed by atoms with Gasteiger partial charge >= 0.3 is 0 Å². The lowest BCUT2D eigenvalue weighted by Gasteiger charge is -2.14. The fourth-order valence-electron chi connectivity index (χ4n) is 3.82. The van der Waals surface area contributed by atoms with Gasteiger partial charge in [0.05, 0.1) is 17.3 Å². The molecular weight excluding hydrogens is 384 g/mol. The highest BCUT2D eigenvalue weighted by Crippen LogP contribution is 2.34. The molecule has 0 saturated heterocycles. The van der Waals surface area contributed by atoms with Crippen LogP contribution in [0.4, 0.5) is 0 Å². The van der Waals surface area contributed by atoms with Gasteiger partial charge < -0.3 is 10.4 Å². The molecule has 142 valence electrons. The summed E-state index contributed by atoms with van der Waals surface area (Å²) in [6.45, 7) is 0. The Kier molecular flexibility index (Phi) is 4.37. The number of pyridine rings is 2. The lowest BCUT2D eigenvalue weighted by molar-refractivity contribution is 0.618. The van der Waals surface area contributed by atoms with Crippen LogP contribution in [-0.2, 0) is 0 Å². The van der Waals surface area contributed by atoms with Gasteiger partial charge in [-0.1, -0.05) is 48.0 Å². The topological polar surface area (TPSA) is 70.1 Å². The highest BCUT2D eigenvalue weighted by molar-refractivity contribution is 6.31. The van der Waals surface area contributed by atoms with Gasteiger partial charge in [-0.15, -0.1) is 0 Å². The van der Waals surface area contributed by atoms with Crippen LogP contribution in [0.15, 0.2) is 83.0 Å². The quantitative estimate of drug-likeness (QED) is 0.524. The molecule has 0 saturated carbocycles. The van der Waals surface area contributed by atoms with Crippen LogP contribution in [-0.4, -0.2) is 15.7 Å². The second kappa shape index (κ2) is 7.18. The molecule has 6 heteroatoms. The number of aromatic amines is 1. The van der Waals surface area contributed by atoms with Gasteiger partial charge in [-0.25, -0.2) is 0 Å². The lowest BCUT2D eigenvalue weighted by atomic mass is 9.91. The van der Waals surface area contributed by atoms with E-state index in [-0.39, 0.29) is 11.6 Å². The third-order valence-corrected chi connectivity index (χ3v) is 5.40. The third kappa shape index (κ3) is 3.19. The average molecular weight is 401 g/mol. The van der Waals surface area contributed by atoms with Crippen molar-refractivity contribution in [3.63, 3.8) is 0 Å². The molecule has 0 fully saturated rings. The summed E-state index contributed by atoms with van der Waals surface area (Å²) in [5.41, 5.74) is 7.87. The van der Waals surface area contributed by atoms with E-state index in [9.17, 15) is 4.79 Å². The number of aromatic nitrogens is 2. The number of halogens is 1. The van der Waals surface area contributed by atoms with Crippen LogP contribution in [0.25, 0.3) is 22.0 Å². The van der Waals surface area contributed by atoms with E-state index in [2.05, 4.69) is 20.5 Å². The molecule has 2 aromatic carbocycles. The van der Waals surface area contributed by atoms with Crippen molar-refractivity contribution >= 4 is 28.2 Å². The smallest absolute Gasteiger partial charge is 0.258 e. The van der Waals surface area contributed by atoms with Gasteiger partial charge in [-0.3, -0.25) is 9.78 Å². The van der Waals surface area contributed by atoms with E-state index in [0.29, 0.717) is 17.0 Å². The van der Waals surface area contributed by atoms with E-state index in [0.717, 1.165) is 33.3 Å². The molecule has 1 atom stereocenters. The van der Waals surface area contributed by atoms with Gasteiger partial charge in [0.1, 0.15) is 0 Å². The largest absolute Gasteiger partial charge is 0.321 e. The predicted molar refractivity (Wildman–Crippen MR) is 116 cm³/mol. The van der Waals surface area contributed by atoms with Gasteiger partial charge in [0.25, 0.3) is 5.56 Å². The molecule has 3 heterocycles. The zero-order valence-corrected chi connectivity index (χ0v) is 16.1. The second-order valence-corrected chi connectivity index (χ2v) is 7.43. The number of benzene rings is 2. The van der Waals surface area contributed by atoms with Gasteiger partial charge in [0.15, 0.2) is 0 Å². The number of hydrogen-bond acceptors (Lipinski definition) is 4. The van der Waals surface area contributed by atoms with Crippen molar-refractivity contribution in [3.05, 3.63) is 99.6 Å². The molecule has 0 aliphatic carbocycles. The monoisotopic (exact) mass is 400 g/mol. The highest BCUT2D eigenvalue weighted by atomic mass is 35.5. The van der Waals surface area contributed by atoms with Crippen molar-refractivity contribution < 1.29 is 0 Å². The van der Waals surface area contributed by atoms with E-state index >= 15 is 0 Å². The molecule has 0 amide bonds. The van der Waals surface area contributed by atoms with Gasteiger partial charge in [-0.05, 0) is 35.4 Å². The average Bonchev–Trinajstić information content (AvgIpc) is 3.24. The molecule has 0 spiro atoms. The van der Waals surface area contributed by atoms with E-state index in [1.165, 1.54) is 0 Å². The molecule has 0 radical (unpaired) electrons. The summed E-state index contributed by atoms with van der Waals surface area (Å²) < 4.78 is 0. The van der Waals surface area contributed by atoms with Crippen LogP contribution in [0.3, 0.4) is 0 Å². The number of hydrazone groups is 1. The molecule has 4 aromatic rings. The van der Waals surface area contributed by atoms with E-state index < -0.39 is 0 Å². The maximum atomic E-state index is 13.1. The normalized spacial score (nSPS) is 15.9. The predicted octanol–water partition coefficient (Wildman–Crippen LogP) is 4.68. The minimum Gasteiger partial charge on any atom is -0.321 e. The number of nitrogens with zero attached hydrogens (tertiary/aromatic N) is 2. The van der Waals surface area contributed by atoms with E-state index in [1.54, 1.807) is 12.3 Å². The maximum absolute atomic E-state index is 13.1. The molecule has 0 bridgehead atoms. The molecule has 2 aromatic heterocycles. The molecule has 5 nitrogen and oxygen atoms in total. The van der Waals surface area contributed by atoms with Crippen LogP contribution in [0.5, 0.6) is 0 Å². The summed E-state index contributed by atoms with van der Waals surface area (Å²) in [4.78, 5) is 20.3. The number of H-pyrrole nitrogens is 1. The van der Waals surface area contributed by atoms with Crippen molar-refractivity contribution in [1.82, 2.24) is 15.4 Å². The Morgan fingerprint density at radius 2 is 1.86 bits per heavy atom. The molecule has 2 N–H and O–H groups in total. The molecular formula is C23H17ClN4O. The van der Waals surface area contributed by atoms with Gasteiger partial charge in [0, 0.05) is 40.3 Å². The molecule has 1 unspecified atom stereocenters. The SMILES string of the molecule is O=c1[nH]c2ccc(Cl)cc2c(-c2ccccc2)c1C1=NNC(c2cccnc2)C1. The summed E-state index contributed by atoms with van der Waals surface area (Å²) in [5.74, 6) is 0. The first-order chi connectivity index (χ1) is 14.2. The highest BCUT2D eigenvalue weighted by Gasteiger charge is 2.27. The van der Waals surface area contributed by atoms with Crippen molar-refractivity contribution in [2.75, 3.05) is 0 Å². The Balaban J connectivity index is 1.70. The van der Waals surface area contributed by atoms with Crippen LogP contribution < -0.4 is 11.0 Å². The van der Waals surface area contributed by atoms with Crippen LogP contribution in [0.2, 0.25) is 5.02 Å². The van der Waals surface area contributed by atoms with Crippen molar-refractivity contribution in [2.24, 2.45) is 5.10 Å². The van der Waals surface area contributed by atoms with E-state index in [4.69, 9.17) is 11.6 Å².